The number of sulfonamides is 1. The molecule has 4 aromatic rings. The summed E-state index contributed by atoms with van der Waals surface area (Å²) in [6.07, 6.45) is 0.811. The van der Waals surface area contributed by atoms with Crippen LogP contribution in [0.15, 0.2) is 53.9 Å². The molecule has 0 radical (unpaired) electrons. The van der Waals surface area contributed by atoms with Crippen LogP contribution in [-0.4, -0.2) is 45.1 Å². The third kappa shape index (κ3) is 4.20. The third-order valence-electron chi connectivity index (χ3n) is 4.92. The minimum atomic E-state index is -4.75. The highest BCUT2D eigenvalue weighted by Gasteiger charge is 2.39. The number of nitriles is 1. The van der Waals surface area contributed by atoms with Crippen molar-refractivity contribution < 1.29 is 21.6 Å². The second kappa shape index (κ2) is 8.47. The van der Waals surface area contributed by atoms with Crippen molar-refractivity contribution in [1.82, 2.24) is 29.2 Å². The molecule has 0 amide bonds. The Bertz CT molecular complexity index is 1510. The largest absolute Gasteiger partial charge is 0.404 e. The second-order valence-corrected chi connectivity index (χ2v) is 9.08. The van der Waals surface area contributed by atoms with E-state index in [0.717, 1.165) is 17.8 Å². The Morgan fingerprint density at radius 1 is 1.12 bits per heavy atom. The van der Waals surface area contributed by atoms with Gasteiger partial charge in [-0.25, -0.2) is 23.4 Å². The Hall–Kier alpha value is -3.89. The zero-order valence-electron chi connectivity index (χ0n) is 17.7. The maximum absolute atomic E-state index is 12.8. The number of aromatic nitrogens is 5. The first-order valence-electron chi connectivity index (χ1n) is 9.77. The predicted octanol–water partition coefficient (Wildman–Crippen LogP) is 3.29. The van der Waals surface area contributed by atoms with Gasteiger partial charge in [-0.2, -0.15) is 23.2 Å². The first-order chi connectivity index (χ1) is 16.0. The number of hydrogen-bond donors (Lipinski definition) is 1. The average molecular weight is 487 g/mol. The first kappa shape index (κ1) is 23.3. The summed E-state index contributed by atoms with van der Waals surface area (Å²) in [6.45, 7) is 2.52. The molecule has 0 bridgehead atoms. The molecular formula is C21H16F3N7O2S. The van der Waals surface area contributed by atoms with Crippen LogP contribution in [0.3, 0.4) is 0 Å². The molecule has 0 aliphatic heterocycles. The van der Waals surface area contributed by atoms with E-state index in [0.29, 0.717) is 18.0 Å². The van der Waals surface area contributed by atoms with E-state index in [9.17, 15) is 26.9 Å². The van der Waals surface area contributed by atoms with Crippen molar-refractivity contribution in [1.29, 1.82) is 5.26 Å². The van der Waals surface area contributed by atoms with Crippen molar-refractivity contribution in [3.8, 4) is 23.4 Å². The number of fused-ring (bicyclic) bond motifs is 1. The molecule has 0 fully saturated rings. The van der Waals surface area contributed by atoms with Crippen molar-refractivity contribution in [3.63, 3.8) is 0 Å². The van der Waals surface area contributed by atoms with E-state index in [-0.39, 0.29) is 22.9 Å². The minimum Gasteiger partial charge on any atom is -0.259 e. The van der Waals surface area contributed by atoms with Gasteiger partial charge in [0.1, 0.15) is 22.7 Å². The van der Waals surface area contributed by atoms with Crippen LogP contribution in [0.25, 0.3) is 28.4 Å². The highest BCUT2D eigenvalue weighted by atomic mass is 32.2. The molecule has 9 nitrogen and oxygen atoms in total. The van der Waals surface area contributed by atoms with Crippen LogP contribution in [0.1, 0.15) is 18.1 Å². The zero-order chi connectivity index (χ0) is 24.7. The van der Waals surface area contributed by atoms with E-state index in [1.165, 1.54) is 23.0 Å². The van der Waals surface area contributed by atoms with Gasteiger partial charge in [0.15, 0.2) is 0 Å². The molecule has 1 N–H and O–H groups in total. The molecule has 0 aliphatic carbocycles. The fourth-order valence-electron chi connectivity index (χ4n) is 3.27. The van der Waals surface area contributed by atoms with Crippen LogP contribution in [0.4, 0.5) is 13.2 Å². The normalized spacial score (nSPS) is 13.1. The maximum atomic E-state index is 12.8. The lowest BCUT2D eigenvalue weighted by Crippen LogP contribution is -2.42. The minimum absolute atomic E-state index is 0.183. The Kier molecular flexibility index (Phi) is 5.80. The van der Waals surface area contributed by atoms with E-state index >= 15 is 0 Å². The number of alkyl halides is 3. The van der Waals surface area contributed by atoms with Crippen LogP contribution < -0.4 is 4.72 Å². The van der Waals surface area contributed by atoms with E-state index < -0.39 is 27.1 Å². The molecule has 4 rings (SSSR count). The Morgan fingerprint density at radius 3 is 2.41 bits per heavy atom. The molecule has 4 heterocycles. The molecule has 0 unspecified atom stereocenters. The molecular weight excluding hydrogens is 471 g/mol. The van der Waals surface area contributed by atoms with Crippen LogP contribution in [0.5, 0.6) is 0 Å². The maximum Gasteiger partial charge on any atom is 0.404 e. The van der Waals surface area contributed by atoms with Gasteiger partial charge in [-0.3, -0.25) is 9.55 Å². The molecule has 0 aliphatic rings. The summed E-state index contributed by atoms with van der Waals surface area (Å²) in [4.78, 5) is 16.6. The summed E-state index contributed by atoms with van der Waals surface area (Å²) >= 11 is 0. The zero-order valence-corrected chi connectivity index (χ0v) is 18.6. The number of nitrogens with one attached hydrogen (secondary N) is 1. The van der Waals surface area contributed by atoms with Crippen molar-refractivity contribution >= 4 is 21.1 Å². The lowest BCUT2D eigenvalue weighted by atomic mass is 10.1. The number of aryl methyl sites for hydroxylation is 1. The number of halogens is 3. The third-order valence-corrected chi connectivity index (χ3v) is 6.45. The molecule has 0 saturated carbocycles. The van der Waals surface area contributed by atoms with Crippen molar-refractivity contribution in [3.05, 3.63) is 60.2 Å². The first-order valence-corrected chi connectivity index (χ1v) is 11.3. The van der Waals surface area contributed by atoms with Crippen LogP contribution in [-0.2, 0) is 10.0 Å². The van der Waals surface area contributed by atoms with Gasteiger partial charge in [-0.15, -0.1) is 0 Å². The standard InChI is InChI=1S/C21H16F3N7O2S/c1-12-8-15-16(9-25)18(31(19(15)29-10-12)20-26-6-3-7-27-20)17-5-4-14(11-28-17)34(32,33)30-13(2)21(22,23)24/h3-8,10-11,13,30H,1-2H3/t13-/m1/s1. The van der Waals surface area contributed by atoms with E-state index in [2.05, 4.69) is 26.0 Å². The van der Waals surface area contributed by atoms with Gasteiger partial charge < -0.3 is 0 Å². The highest BCUT2D eigenvalue weighted by Crippen LogP contribution is 2.34. The summed E-state index contributed by atoms with van der Waals surface area (Å²) in [5.74, 6) is 0.208. The molecule has 1 atom stereocenters. The van der Waals surface area contributed by atoms with Gasteiger partial charge in [0.2, 0.25) is 16.0 Å². The molecule has 0 saturated heterocycles. The van der Waals surface area contributed by atoms with Gasteiger partial charge in [0.05, 0.1) is 17.0 Å². The van der Waals surface area contributed by atoms with Gasteiger partial charge >= 0.3 is 6.18 Å². The predicted molar refractivity (Wildman–Crippen MR) is 115 cm³/mol. The van der Waals surface area contributed by atoms with E-state index in [1.54, 1.807) is 23.1 Å². The lowest BCUT2D eigenvalue weighted by Gasteiger charge is -2.17. The Labute approximate surface area is 192 Å². The quantitative estimate of drug-likeness (QED) is 0.458. The summed E-state index contributed by atoms with van der Waals surface area (Å²) in [7, 11) is -4.49. The fourth-order valence-corrected chi connectivity index (χ4v) is 4.45. The summed E-state index contributed by atoms with van der Waals surface area (Å²) in [5.41, 5.74) is 1.86. The molecule has 0 spiro atoms. The van der Waals surface area contributed by atoms with Crippen LogP contribution in [0.2, 0.25) is 0 Å². The highest BCUT2D eigenvalue weighted by molar-refractivity contribution is 7.89. The SMILES string of the molecule is Cc1cnc2c(c1)c(C#N)c(-c1ccc(S(=O)(=O)N[C@H](C)C(F)(F)F)cn1)n2-c1ncccn1. The smallest absolute Gasteiger partial charge is 0.259 e. The van der Waals surface area contributed by atoms with E-state index in [4.69, 9.17) is 0 Å². The topological polar surface area (TPSA) is 126 Å². The summed E-state index contributed by atoms with van der Waals surface area (Å²) < 4.78 is 66.3. The average Bonchev–Trinajstić information content (AvgIpc) is 3.12. The Morgan fingerprint density at radius 2 is 1.82 bits per heavy atom. The number of nitrogens with zero attached hydrogens (tertiary/aromatic N) is 6. The van der Waals surface area contributed by atoms with Crippen molar-refractivity contribution in [2.45, 2.75) is 31.0 Å². The lowest BCUT2D eigenvalue weighted by molar-refractivity contribution is -0.147. The van der Waals surface area contributed by atoms with Gasteiger partial charge in [0.25, 0.3) is 0 Å². The number of rotatable bonds is 5. The van der Waals surface area contributed by atoms with Gasteiger partial charge in [0, 0.05) is 30.2 Å². The molecule has 13 heteroatoms. The summed E-state index contributed by atoms with van der Waals surface area (Å²) in [5, 5.41) is 10.4. The van der Waals surface area contributed by atoms with Crippen molar-refractivity contribution in [2.75, 3.05) is 0 Å². The fraction of sp³-hybridized carbons (Fsp3) is 0.190. The van der Waals surface area contributed by atoms with Gasteiger partial charge in [-0.1, -0.05) is 0 Å². The molecule has 0 aromatic carbocycles. The number of hydrogen-bond acceptors (Lipinski definition) is 7. The second-order valence-electron chi connectivity index (χ2n) is 7.37. The molecule has 4 aromatic heterocycles. The molecule has 174 valence electrons. The summed E-state index contributed by atoms with van der Waals surface area (Å²) in [6, 6.07) is 5.64. The van der Waals surface area contributed by atoms with Gasteiger partial charge in [-0.05, 0) is 43.7 Å². The van der Waals surface area contributed by atoms with Crippen LogP contribution in [0, 0.1) is 18.3 Å². The monoisotopic (exact) mass is 487 g/mol. The van der Waals surface area contributed by atoms with E-state index in [1.807, 2.05) is 6.92 Å². The van der Waals surface area contributed by atoms with Crippen LogP contribution >= 0.6 is 0 Å². The number of pyridine rings is 2. The molecule has 34 heavy (non-hydrogen) atoms. The van der Waals surface area contributed by atoms with Crippen molar-refractivity contribution in [2.24, 2.45) is 0 Å². The Balaban J connectivity index is 1.87.